The second-order valence-corrected chi connectivity index (χ2v) is 6.88. The number of pyridine rings is 4. The molecule has 2 radical (unpaired) electrons. The minimum atomic E-state index is -1.75. The average molecular weight is 692 g/mol. The van der Waals surface area contributed by atoms with Crippen molar-refractivity contribution in [1.29, 1.82) is 0 Å². The van der Waals surface area contributed by atoms with Gasteiger partial charge in [0.15, 0.2) is 0 Å². The second kappa shape index (κ2) is 14.1. The molecule has 0 amide bonds. The van der Waals surface area contributed by atoms with Crippen LogP contribution < -0.4 is 0 Å². The Morgan fingerprint density at radius 1 is 0.432 bits per heavy atom. The Bertz CT molecular complexity index is 1410. The molecule has 0 aliphatic heterocycles. The van der Waals surface area contributed by atoms with Crippen molar-refractivity contribution in [2.75, 3.05) is 0 Å². The molecule has 12 nitrogen and oxygen atoms in total. The van der Waals surface area contributed by atoms with Crippen LogP contribution in [-0.2, 0) is 0 Å². The standard InChI is InChI=1S/2C12H8N2.2NO3.Pb/c2*1-3-9-5-6-10-4-2-8-14-12(10)11(9)13-7-1;2*2-1(3)4;/h2*1-8H;;;/q;;2*-1;+2. The van der Waals surface area contributed by atoms with Gasteiger partial charge in [-0.3, -0.25) is 19.9 Å². The fraction of sp³-hybridized carbons (Fsp3) is 0. The molecular formula is C24H16N6O6Pb. The van der Waals surface area contributed by atoms with E-state index in [0.717, 1.165) is 43.6 Å². The molecule has 182 valence electrons. The first-order valence-corrected chi connectivity index (χ1v) is 10.2. The molecule has 2 aromatic carbocycles. The third-order valence-electron chi connectivity index (χ3n) is 4.69. The van der Waals surface area contributed by atoms with Crippen molar-refractivity contribution in [3.05, 3.63) is 128 Å². The van der Waals surface area contributed by atoms with E-state index in [9.17, 15) is 0 Å². The quantitative estimate of drug-likeness (QED) is 0.0936. The molecule has 0 saturated carbocycles. The van der Waals surface area contributed by atoms with E-state index in [1.807, 2.05) is 24.3 Å². The largest absolute Gasteiger partial charge is 2.00 e. The summed E-state index contributed by atoms with van der Waals surface area (Å²) in [6.07, 6.45) is 7.21. The van der Waals surface area contributed by atoms with Crippen molar-refractivity contribution < 1.29 is 10.2 Å². The number of hydrogen-bond donors (Lipinski definition) is 0. The summed E-state index contributed by atoms with van der Waals surface area (Å²) in [5.74, 6) is 0. The first-order chi connectivity index (χ1) is 17.4. The first kappa shape index (κ1) is 28.6. The molecule has 6 aromatic rings. The third kappa shape index (κ3) is 8.24. The van der Waals surface area contributed by atoms with Crippen LogP contribution in [0.3, 0.4) is 0 Å². The molecule has 0 fully saturated rings. The van der Waals surface area contributed by atoms with Gasteiger partial charge in [0.2, 0.25) is 0 Å². The van der Waals surface area contributed by atoms with Crippen LogP contribution >= 0.6 is 0 Å². The molecule has 13 heteroatoms. The van der Waals surface area contributed by atoms with E-state index in [1.54, 1.807) is 24.8 Å². The van der Waals surface area contributed by atoms with Gasteiger partial charge in [0.05, 0.1) is 32.2 Å². The monoisotopic (exact) mass is 692 g/mol. The molecule has 0 N–H and O–H groups in total. The fourth-order valence-electron chi connectivity index (χ4n) is 3.36. The maximum Gasteiger partial charge on any atom is 2.00 e. The molecule has 4 aromatic heterocycles. The van der Waals surface area contributed by atoms with Crippen LogP contribution in [0, 0.1) is 30.6 Å². The Morgan fingerprint density at radius 2 is 0.622 bits per heavy atom. The van der Waals surface area contributed by atoms with Crippen LogP contribution in [0.5, 0.6) is 0 Å². The fourth-order valence-corrected chi connectivity index (χ4v) is 3.36. The molecule has 0 aliphatic rings. The Balaban J connectivity index is 0.000000199. The van der Waals surface area contributed by atoms with Gasteiger partial charge in [0.25, 0.3) is 0 Å². The van der Waals surface area contributed by atoms with E-state index in [2.05, 4.69) is 68.5 Å². The third-order valence-corrected chi connectivity index (χ3v) is 4.69. The van der Waals surface area contributed by atoms with E-state index in [-0.39, 0.29) is 27.3 Å². The normalized spacial score (nSPS) is 9.51. The maximum atomic E-state index is 8.25. The molecule has 0 aliphatic carbocycles. The van der Waals surface area contributed by atoms with Gasteiger partial charge in [-0.1, -0.05) is 48.5 Å². The van der Waals surface area contributed by atoms with Gasteiger partial charge in [0.1, 0.15) is 0 Å². The molecule has 0 spiro atoms. The zero-order valence-corrected chi connectivity index (χ0v) is 22.8. The minimum Gasteiger partial charge on any atom is -0.356 e. The zero-order valence-electron chi connectivity index (χ0n) is 18.9. The maximum absolute atomic E-state index is 8.25. The van der Waals surface area contributed by atoms with Crippen LogP contribution in [0.4, 0.5) is 0 Å². The number of nitrogens with zero attached hydrogens (tertiary/aromatic N) is 6. The summed E-state index contributed by atoms with van der Waals surface area (Å²) in [7, 11) is 0. The SMILES string of the molecule is O=[N+]([O-])[O-].O=[N+]([O-])[O-].[Pb+2].c1cnc2c(c1)ccc1cccnc12.c1cnc2c(c1)ccc1cccnc12. The molecule has 4 heterocycles. The second-order valence-electron chi connectivity index (χ2n) is 6.88. The Kier molecular flexibility index (Phi) is 10.9. The summed E-state index contributed by atoms with van der Waals surface area (Å²) in [6.45, 7) is 0. The summed E-state index contributed by atoms with van der Waals surface area (Å²) in [6, 6.07) is 24.3. The molecule has 0 saturated heterocycles. The number of hydrogen-bond acceptors (Lipinski definition) is 10. The van der Waals surface area contributed by atoms with Gasteiger partial charge in [-0.25, -0.2) is 0 Å². The smallest absolute Gasteiger partial charge is 0.356 e. The molecule has 0 bridgehead atoms. The van der Waals surface area contributed by atoms with Gasteiger partial charge < -0.3 is 30.6 Å². The number of fused-ring (bicyclic) bond motifs is 6. The first-order valence-electron chi connectivity index (χ1n) is 10.2. The zero-order chi connectivity index (χ0) is 25.9. The Labute approximate surface area is 228 Å². The molecule has 0 atom stereocenters. The predicted molar refractivity (Wildman–Crippen MR) is 141 cm³/mol. The summed E-state index contributed by atoms with van der Waals surface area (Å²) < 4.78 is 0. The van der Waals surface area contributed by atoms with Crippen LogP contribution in [0.2, 0.25) is 0 Å². The summed E-state index contributed by atoms with van der Waals surface area (Å²) in [5, 5.41) is 34.1. The number of rotatable bonds is 0. The van der Waals surface area contributed by atoms with Crippen molar-refractivity contribution in [3.63, 3.8) is 0 Å². The van der Waals surface area contributed by atoms with Crippen LogP contribution in [0.25, 0.3) is 43.6 Å². The van der Waals surface area contributed by atoms with E-state index >= 15 is 0 Å². The van der Waals surface area contributed by atoms with Gasteiger partial charge in [0, 0.05) is 46.3 Å². The van der Waals surface area contributed by atoms with Gasteiger partial charge in [-0.15, -0.1) is 0 Å². The van der Waals surface area contributed by atoms with E-state index < -0.39 is 10.2 Å². The average Bonchev–Trinajstić information content (AvgIpc) is 2.88. The van der Waals surface area contributed by atoms with Crippen LogP contribution in [0.15, 0.2) is 97.6 Å². The van der Waals surface area contributed by atoms with Gasteiger partial charge in [-0.2, -0.15) is 0 Å². The molecule has 6 rings (SSSR count). The molecule has 0 unspecified atom stereocenters. The van der Waals surface area contributed by atoms with Crippen molar-refractivity contribution in [2.45, 2.75) is 0 Å². The van der Waals surface area contributed by atoms with Gasteiger partial charge in [-0.05, 0) is 24.3 Å². The molecular weight excluding hydrogens is 675 g/mol. The van der Waals surface area contributed by atoms with Crippen molar-refractivity contribution in [1.82, 2.24) is 19.9 Å². The Morgan fingerprint density at radius 3 is 0.811 bits per heavy atom. The van der Waals surface area contributed by atoms with Gasteiger partial charge >= 0.3 is 27.3 Å². The van der Waals surface area contributed by atoms with Crippen LogP contribution in [-0.4, -0.2) is 57.4 Å². The summed E-state index contributed by atoms with van der Waals surface area (Å²) in [5.41, 5.74) is 3.91. The number of aromatic nitrogens is 4. The topological polar surface area (TPSA) is 184 Å². The van der Waals surface area contributed by atoms with E-state index in [4.69, 9.17) is 30.6 Å². The Hall–Kier alpha value is -4.60. The van der Waals surface area contributed by atoms with Crippen molar-refractivity contribution >= 4 is 70.9 Å². The van der Waals surface area contributed by atoms with Crippen LogP contribution in [0.1, 0.15) is 0 Å². The molecule has 37 heavy (non-hydrogen) atoms. The summed E-state index contributed by atoms with van der Waals surface area (Å²) in [4.78, 5) is 33.9. The predicted octanol–water partition coefficient (Wildman–Crippen LogP) is 4.71. The van der Waals surface area contributed by atoms with E-state index in [1.165, 1.54) is 0 Å². The van der Waals surface area contributed by atoms with Crippen molar-refractivity contribution in [3.8, 4) is 0 Å². The van der Waals surface area contributed by atoms with E-state index in [0.29, 0.717) is 0 Å². The number of benzene rings is 2. The summed E-state index contributed by atoms with van der Waals surface area (Å²) >= 11 is 0. The minimum absolute atomic E-state index is 0. The van der Waals surface area contributed by atoms with Crippen molar-refractivity contribution in [2.24, 2.45) is 0 Å².